The van der Waals surface area contributed by atoms with Gasteiger partial charge in [0, 0.05) is 7.05 Å². The van der Waals surface area contributed by atoms with Crippen LogP contribution in [0.2, 0.25) is 0 Å². The van der Waals surface area contributed by atoms with E-state index in [-0.39, 0.29) is 11.1 Å². The topological polar surface area (TPSA) is 46.6 Å². The van der Waals surface area contributed by atoms with Crippen LogP contribution in [-0.4, -0.2) is 30.4 Å². The van der Waals surface area contributed by atoms with Crippen LogP contribution in [0.3, 0.4) is 0 Å². The summed E-state index contributed by atoms with van der Waals surface area (Å²) >= 11 is 7.87. The van der Waals surface area contributed by atoms with Crippen LogP contribution >= 0.6 is 34.3 Å². The fourth-order valence-corrected chi connectivity index (χ4v) is 2.47. The van der Waals surface area contributed by atoms with Crippen LogP contribution in [0.4, 0.5) is 0 Å². The first-order chi connectivity index (χ1) is 9.06. The number of carbonyl (C=O) groups is 2. The molecule has 0 aliphatic rings. The van der Waals surface area contributed by atoms with E-state index in [4.69, 9.17) is 16.4 Å². The number of hydroxylamine groups is 2. The second-order valence-electron chi connectivity index (χ2n) is 3.21. The van der Waals surface area contributed by atoms with Crippen molar-refractivity contribution >= 4 is 45.4 Å². The highest BCUT2D eigenvalue weighted by atomic mass is 35.5. The normalized spacial score (nSPS) is 9.42. The summed E-state index contributed by atoms with van der Waals surface area (Å²) < 4.78 is 0. The van der Waals surface area contributed by atoms with Crippen LogP contribution in [0.1, 0.15) is 19.3 Å². The Kier molecular flexibility index (Phi) is 6.72. The second kappa shape index (κ2) is 8.06. The molecule has 2 heterocycles. The van der Waals surface area contributed by atoms with E-state index < -0.39 is 0 Å². The van der Waals surface area contributed by atoms with E-state index in [9.17, 15) is 9.59 Å². The maximum atomic E-state index is 11.2. The quantitative estimate of drug-likeness (QED) is 0.643. The summed E-state index contributed by atoms with van der Waals surface area (Å²) in [4.78, 5) is 27.5. The molecule has 2 aromatic heterocycles. The van der Waals surface area contributed by atoms with E-state index in [0.717, 1.165) is 0 Å². The van der Waals surface area contributed by atoms with Crippen LogP contribution in [0.25, 0.3) is 0 Å². The average molecular weight is 318 g/mol. The molecule has 0 aliphatic heterocycles. The molecule has 19 heavy (non-hydrogen) atoms. The Hall–Kier alpha value is -1.21. The lowest BCUT2D eigenvalue weighted by molar-refractivity contribution is -0.0753. The van der Waals surface area contributed by atoms with Crippen molar-refractivity contribution in [3.8, 4) is 0 Å². The minimum absolute atomic E-state index is 0.109. The zero-order chi connectivity index (χ0) is 14.3. The lowest BCUT2D eigenvalue weighted by Gasteiger charge is -2.11. The van der Waals surface area contributed by atoms with Crippen LogP contribution in [0, 0.1) is 0 Å². The SMILES string of the molecule is CON(C)C(=O)c1cccs1.O=C(Cl)c1cccs1. The predicted molar refractivity (Wildman–Crippen MR) is 77.9 cm³/mol. The number of amides is 1. The number of halogens is 1. The Morgan fingerprint density at radius 2 is 1.68 bits per heavy atom. The summed E-state index contributed by atoms with van der Waals surface area (Å²) in [6.07, 6.45) is 0. The Bertz CT molecular complexity index is 511. The average Bonchev–Trinajstić information content (AvgIpc) is 3.09. The van der Waals surface area contributed by atoms with E-state index >= 15 is 0 Å². The van der Waals surface area contributed by atoms with E-state index in [1.54, 1.807) is 25.2 Å². The molecule has 0 atom stereocenters. The monoisotopic (exact) mass is 317 g/mol. The summed E-state index contributed by atoms with van der Waals surface area (Å²) in [5.41, 5.74) is 0. The second-order valence-corrected chi connectivity index (χ2v) is 5.45. The van der Waals surface area contributed by atoms with E-state index in [2.05, 4.69) is 0 Å². The maximum absolute atomic E-state index is 11.2. The molecule has 0 saturated heterocycles. The van der Waals surface area contributed by atoms with Crippen molar-refractivity contribution < 1.29 is 14.4 Å². The molecule has 0 fully saturated rings. The van der Waals surface area contributed by atoms with Gasteiger partial charge in [-0.1, -0.05) is 12.1 Å². The number of rotatable bonds is 3. The molecule has 0 bridgehead atoms. The summed E-state index contributed by atoms with van der Waals surface area (Å²) in [5.74, 6) is -0.109. The number of hydrogen-bond acceptors (Lipinski definition) is 5. The van der Waals surface area contributed by atoms with Gasteiger partial charge in [0.15, 0.2) is 0 Å². The minimum atomic E-state index is -0.375. The Morgan fingerprint density at radius 3 is 2.00 bits per heavy atom. The molecule has 2 aromatic rings. The summed E-state index contributed by atoms with van der Waals surface area (Å²) in [6.45, 7) is 0. The van der Waals surface area contributed by atoms with Crippen molar-refractivity contribution in [3.63, 3.8) is 0 Å². The highest BCUT2D eigenvalue weighted by Gasteiger charge is 2.10. The van der Waals surface area contributed by atoms with E-state index in [1.807, 2.05) is 16.8 Å². The molecule has 2 rings (SSSR count). The van der Waals surface area contributed by atoms with Crippen molar-refractivity contribution in [3.05, 3.63) is 44.8 Å². The first-order valence-electron chi connectivity index (χ1n) is 5.15. The van der Waals surface area contributed by atoms with E-state index in [1.165, 1.54) is 34.8 Å². The van der Waals surface area contributed by atoms with Crippen LogP contribution in [0.15, 0.2) is 35.0 Å². The Morgan fingerprint density at radius 1 is 1.16 bits per heavy atom. The van der Waals surface area contributed by atoms with Gasteiger partial charge in [-0.2, -0.15) is 0 Å². The molecule has 7 heteroatoms. The van der Waals surface area contributed by atoms with Gasteiger partial charge in [0.05, 0.1) is 16.9 Å². The van der Waals surface area contributed by atoms with Gasteiger partial charge in [-0.05, 0) is 34.5 Å². The fourth-order valence-electron chi connectivity index (χ4n) is 1.03. The molecule has 0 aromatic carbocycles. The number of thiophene rings is 2. The maximum Gasteiger partial charge on any atom is 0.287 e. The third-order valence-electron chi connectivity index (χ3n) is 2.01. The predicted octanol–water partition coefficient (Wildman–Crippen LogP) is 3.51. The Balaban J connectivity index is 0.000000200. The number of hydrogen-bond donors (Lipinski definition) is 0. The van der Waals surface area contributed by atoms with Gasteiger partial charge >= 0.3 is 0 Å². The highest BCUT2D eigenvalue weighted by molar-refractivity contribution is 7.14. The molecule has 0 radical (unpaired) electrons. The van der Waals surface area contributed by atoms with Gasteiger partial charge < -0.3 is 0 Å². The molecule has 0 spiro atoms. The van der Waals surface area contributed by atoms with Crippen molar-refractivity contribution in [1.82, 2.24) is 5.06 Å². The standard InChI is InChI=1S/C7H9NO2S.C5H3ClOS/c1-8(10-2)7(9)6-4-3-5-11-6;6-5(7)4-2-1-3-8-4/h3-5H,1-2H3;1-3H. The summed E-state index contributed by atoms with van der Waals surface area (Å²) in [6, 6.07) is 7.09. The molecular formula is C12H12ClNO3S2. The third-order valence-corrected chi connectivity index (χ3v) is 4.05. The van der Waals surface area contributed by atoms with Crippen LogP contribution < -0.4 is 0 Å². The lowest BCUT2D eigenvalue weighted by atomic mass is 10.4. The molecule has 1 amide bonds. The molecule has 0 saturated carbocycles. The van der Waals surface area contributed by atoms with Crippen molar-refractivity contribution in [2.24, 2.45) is 0 Å². The van der Waals surface area contributed by atoms with Gasteiger partial charge in [-0.3, -0.25) is 14.4 Å². The summed E-state index contributed by atoms with van der Waals surface area (Å²) in [5, 5.41) is 4.50. The van der Waals surface area contributed by atoms with E-state index in [0.29, 0.717) is 9.75 Å². The van der Waals surface area contributed by atoms with Gasteiger partial charge in [0.25, 0.3) is 11.1 Å². The molecule has 102 valence electrons. The van der Waals surface area contributed by atoms with Gasteiger partial charge in [-0.25, -0.2) is 5.06 Å². The number of nitrogens with zero attached hydrogens (tertiary/aromatic N) is 1. The van der Waals surface area contributed by atoms with Crippen molar-refractivity contribution in [2.45, 2.75) is 0 Å². The zero-order valence-corrected chi connectivity index (χ0v) is 12.7. The fraction of sp³-hybridized carbons (Fsp3) is 0.167. The molecular weight excluding hydrogens is 306 g/mol. The first kappa shape index (κ1) is 15.8. The zero-order valence-electron chi connectivity index (χ0n) is 10.3. The third kappa shape index (κ3) is 5.12. The lowest BCUT2D eigenvalue weighted by Crippen LogP contribution is -2.24. The first-order valence-corrected chi connectivity index (χ1v) is 7.29. The minimum Gasteiger partial charge on any atom is -0.275 e. The molecule has 0 N–H and O–H groups in total. The molecule has 0 unspecified atom stereocenters. The van der Waals surface area contributed by atoms with Gasteiger partial charge in [0.2, 0.25) is 0 Å². The number of carbonyl (C=O) groups excluding carboxylic acids is 2. The van der Waals surface area contributed by atoms with Crippen molar-refractivity contribution in [2.75, 3.05) is 14.2 Å². The van der Waals surface area contributed by atoms with Crippen LogP contribution in [0.5, 0.6) is 0 Å². The highest BCUT2D eigenvalue weighted by Crippen LogP contribution is 2.11. The summed E-state index contributed by atoms with van der Waals surface area (Å²) in [7, 11) is 3.05. The Labute approximate surface area is 124 Å². The van der Waals surface area contributed by atoms with Gasteiger partial charge in [0.1, 0.15) is 0 Å². The molecule has 4 nitrogen and oxygen atoms in total. The smallest absolute Gasteiger partial charge is 0.275 e. The van der Waals surface area contributed by atoms with Gasteiger partial charge in [-0.15, -0.1) is 22.7 Å². The molecule has 0 aliphatic carbocycles. The van der Waals surface area contributed by atoms with Crippen molar-refractivity contribution in [1.29, 1.82) is 0 Å². The van der Waals surface area contributed by atoms with Crippen LogP contribution in [-0.2, 0) is 4.84 Å². The largest absolute Gasteiger partial charge is 0.287 e.